The van der Waals surface area contributed by atoms with Crippen molar-refractivity contribution < 1.29 is 4.79 Å². The van der Waals surface area contributed by atoms with E-state index in [2.05, 4.69) is 26.1 Å². The Kier molecular flexibility index (Phi) is 5.44. The van der Waals surface area contributed by atoms with Gasteiger partial charge in [-0.3, -0.25) is 4.79 Å². The van der Waals surface area contributed by atoms with Crippen molar-refractivity contribution in [3.05, 3.63) is 28.2 Å². The summed E-state index contributed by atoms with van der Waals surface area (Å²) in [6.45, 7) is 1.61. The Morgan fingerprint density at radius 3 is 2.82 bits per heavy atom. The highest BCUT2D eigenvalue weighted by Gasteiger charge is 2.10. The molecule has 4 nitrogen and oxygen atoms in total. The van der Waals surface area contributed by atoms with Crippen LogP contribution < -0.4 is 11.1 Å². The number of nitrogen functional groups attached to an aromatic ring is 1. The lowest BCUT2D eigenvalue weighted by Crippen LogP contribution is -2.27. The van der Waals surface area contributed by atoms with E-state index in [1.54, 1.807) is 12.1 Å². The van der Waals surface area contributed by atoms with Crippen LogP contribution in [0.5, 0.6) is 0 Å². The van der Waals surface area contributed by atoms with Gasteiger partial charge < -0.3 is 16.0 Å². The van der Waals surface area contributed by atoms with Crippen molar-refractivity contribution in [3.63, 3.8) is 0 Å². The minimum atomic E-state index is -0.123. The number of hydrogen-bond acceptors (Lipinski definition) is 3. The zero-order valence-electron chi connectivity index (χ0n) is 10.2. The van der Waals surface area contributed by atoms with Crippen LogP contribution in [0, 0.1) is 0 Å². The van der Waals surface area contributed by atoms with Crippen LogP contribution in [0.1, 0.15) is 16.8 Å². The SMILES string of the molecule is CN(C)CCCNC(=O)c1cccc(Br)c1N. The molecule has 0 bridgehead atoms. The third-order valence-corrected chi connectivity index (χ3v) is 3.06. The van der Waals surface area contributed by atoms with Crippen molar-refractivity contribution >= 4 is 27.5 Å². The summed E-state index contributed by atoms with van der Waals surface area (Å²) >= 11 is 3.30. The van der Waals surface area contributed by atoms with Crippen LogP contribution in [0.25, 0.3) is 0 Å². The first-order chi connectivity index (χ1) is 8.02. The Hall–Kier alpha value is -1.07. The molecule has 3 N–H and O–H groups in total. The van der Waals surface area contributed by atoms with Gasteiger partial charge in [0.2, 0.25) is 0 Å². The molecule has 1 rings (SSSR count). The quantitative estimate of drug-likeness (QED) is 0.643. The molecule has 0 aliphatic heterocycles. The van der Waals surface area contributed by atoms with E-state index >= 15 is 0 Å². The summed E-state index contributed by atoms with van der Waals surface area (Å²) in [5.41, 5.74) is 6.82. The molecule has 1 aromatic carbocycles. The van der Waals surface area contributed by atoms with Gasteiger partial charge in [0.1, 0.15) is 0 Å². The van der Waals surface area contributed by atoms with Gasteiger partial charge in [-0.2, -0.15) is 0 Å². The van der Waals surface area contributed by atoms with Crippen molar-refractivity contribution in [3.8, 4) is 0 Å². The van der Waals surface area contributed by atoms with E-state index in [-0.39, 0.29) is 5.91 Å². The highest BCUT2D eigenvalue weighted by atomic mass is 79.9. The molecular weight excluding hydrogens is 282 g/mol. The molecule has 17 heavy (non-hydrogen) atoms. The zero-order chi connectivity index (χ0) is 12.8. The Labute approximate surface area is 110 Å². The van der Waals surface area contributed by atoms with Gasteiger partial charge in [-0.05, 0) is 55.1 Å². The fraction of sp³-hybridized carbons (Fsp3) is 0.417. The second-order valence-electron chi connectivity index (χ2n) is 4.11. The first kappa shape index (κ1) is 14.0. The van der Waals surface area contributed by atoms with E-state index in [1.165, 1.54) is 0 Å². The summed E-state index contributed by atoms with van der Waals surface area (Å²) < 4.78 is 0.749. The second kappa shape index (κ2) is 6.61. The van der Waals surface area contributed by atoms with Crippen molar-refractivity contribution in [2.45, 2.75) is 6.42 Å². The number of hydrogen-bond donors (Lipinski definition) is 2. The van der Waals surface area contributed by atoms with E-state index in [4.69, 9.17) is 5.73 Å². The summed E-state index contributed by atoms with van der Waals surface area (Å²) in [7, 11) is 4.02. The first-order valence-electron chi connectivity index (χ1n) is 5.49. The molecule has 0 saturated carbocycles. The number of anilines is 1. The number of amides is 1. The Bertz CT molecular complexity index is 393. The molecule has 5 heteroatoms. The normalized spacial score (nSPS) is 10.6. The Balaban J connectivity index is 2.50. The van der Waals surface area contributed by atoms with Crippen molar-refractivity contribution in [2.24, 2.45) is 0 Å². The smallest absolute Gasteiger partial charge is 0.253 e. The number of nitrogens with one attached hydrogen (secondary N) is 1. The standard InChI is InChI=1S/C12H18BrN3O/c1-16(2)8-4-7-15-12(17)9-5-3-6-10(13)11(9)14/h3,5-6H,4,7-8,14H2,1-2H3,(H,15,17). The van der Waals surface area contributed by atoms with Crippen LogP contribution >= 0.6 is 15.9 Å². The van der Waals surface area contributed by atoms with Crippen LogP contribution in [0.4, 0.5) is 5.69 Å². The van der Waals surface area contributed by atoms with Crippen LogP contribution in [0.2, 0.25) is 0 Å². The molecule has 0 saturated heterocycles. The highest BCUT2D eigenvalue weighted by Crippen LogP contribution is 2.22. The fourth-order valence-electron chi connectivity index (χ4n) is 1.43. The molecular formula is C12H18BrN3O. The lowest BCUT2D eigenvalue weighted by Gasteiger charge is -2.11. The third-order valence-electron chi connectivity index (χ3n) is 2.37. The highest BCUT2D eigenvalue weighted by molar-refractivity contribution is 9.10. The van der Waals surface area contributed by atoms with Gasteiger partial charge in [-0.25, -0.2) is 0 Å². The summed E-state index contributed by atoms with van der Waals surface area (Å²) in [5, 5.41) is 2.86. The zero-order valence-corrected chi connectivity index (χ0v) is 11.8. The van der Waals surface area contributed by atoms with Gasteiger partial charge in [-0.15, -0.1) is 0 Å². The van der Waals surface area contributed by atoms with Gasteiger partial charge in [0.05, 0.1) is 11.3 Å². The molecule has 0 unspecified atom stereocenters. The van der Waals surface area contributed by atoms with Crippen molar-refractivity contribution in [1.82, 2.24) is 10.2 Å². The third kappa shape index (κ3) is 4.36. The lowest BCUT2D eigenvalue weighted by atomic mass is 10.1. The number of nitrogens with zero attached hydrogens (tertiary/aromatic N) is 1. The van der Waals surface area contributed by atoms with E-state index in [0.717, 1.165) is 17.4 Å². The van der Waals surface area contributed by atoms with Gasteiger partial charge in [-0.1, -0.05) is 6.07 Å². The molecule has 0 atom stereocenters. The molecule has 94 valence electrons. The predicted octanol–water partition coefficient (Wildman–Crippen LogP) is 1.71. The van der Waals surface area contributed by atoms with E-state index < -0.39 is 0 Å². The average molecular weight is 300 g/mol. The van der Waals surface area contributed by atoms with Crippen LogP contribution in [0.3, 0.4) is 0 Å². The van der Waals surface area contributed by atoms with Crippen molar-refractivity contribution in [1.29, 1.82) is 0 Å². The van der Waals surface area contributed by atoms with Crippen LogP contribution in [-0.2, 0) is 0 Å². The number of benzene rings is 1. The molecule has 0 aliphatic carbocycles. The monoisotopic (exact) mass is 299 g/mol. The van der Waals surface area contributed by atoms with Crippen LogP contribution in [0.15, 0.2) is 22.7 Å². The number of carbonyl (C=O) groups excluding carboxylic acids is 1. The van der Waals surface area contributed by atoms with E-state index in [0.29, 0.717) is 17.8 Å². The minimum Gasteiger partial charge on any atom is -0.397 e. The topological polar surface area (TPSA) is 58.4 Å². The summed E-state index contributed by atoms with van der Waals surface area (Å²) in [6, 6.07) is 5.34. The number of nitrogens with two attached hydrogens (primary N) is 1. The maximum absolute atomic E-state index is 11.8. The van der Waals surface area contributed by atoms with E-state index in [9.17, 15) is 4.79 Å². The number of para-hydroxylation sites is 1. The first-order valence-corrected chi connectivity index (χ1v) is 6.28. The Morgan fingerprint density at radius 2 is 2.18 bits per heavy atom. The summed E-state index contributed by atoms with van der Waals surface area (Å²) in [4.78, 5) is 13.9. The van der Waals surface area contributed by atoms with Crippen molar-refractivity contribution in [2.75, 3.05) is 32.9 Å². The van der Waals surface area contributed by atoms with Gasteiger partial charge in [0.25, 0.3) is 5.91 Å². The molecule has 0 spiro atoms. The molecule has 1 amide bonds. The van der Waals surface area contributed by atoms with Gasteiger partial charge >= 0.3 is 0 Å². The maximum Gasteiger partial charge on any atom is 0.253 e. The van der Waals surface area contributed by atoms with Gasteiger partial charge in [0, 0.05) is 11.0 Å². The average Bonchev–Trinajstić information content (AvgIpc) is 2.27. The number of rotatable bonds is 5. The largest absolute Gasteiger partial charge is 0.397 e. The predicted molar refractivity (Wildman–Crippen MR) is 74.1 cm³/mol. The Morgan fingerprint density at radius 1 is 1.47 bits per heavy atom. The molecule has 0 heterocycles. The maximum atomic E-state index is 11.8. The molecule has 0 aromatic heterocycles. The molecule has 0 radical (unpaired) electrons. The van der Waals surface area contributed by atoms with Crippen LogP contribution in [-0.4, -0.2) is 38.0 Å². The molecule has 1 aromatic rings. The number of halogens is 1. The minimum absolute atomic E-state index is 0.123. The molecule has 0 aliphatic rings. The fourth-order valence-corrected chi connectivity index (χ4v) is 1.79. The summed E-state index contributed by atoms with van der Waals surface area (Å²) in [5.74, 6) is -0.123. The number of carbonyl (C=O) groups is 1. The summed E-state index contributed by atoms with van der Waals surface area (Å²) in [6.07, 6.45) is 0.923. The van der Waals surface area contributed by atoms with Gasteiger partial charge in [0.15, 0.2) is 0 Å². The lowest BCUT2D eigenvalue weighted by molar-refractivity contribution is 0.0953. The molecule has 0 fully saturated rings. The van der Waals surface area contributed by atoms with E-state index in [1.807, 2.05) is 20.2 Å². The second-order valence-corrected chi connectivity index (χ2v) is 4.97.